The van der Waals surface area contributed by atoms with E-state index in [0.29, 0.717) is 0 Å². The summed E-state index contributed by atoms with van der Waals surface area (Å²) in [6, 6.07) is 41.5. The summed E-state index contributed by atoms with van der Waals surface area (Å²) in [5.41, 5.74) is 28.4. The molecule has 4 heteroatoms. The van der Waals surface area contributed by atoms with Gasteiger partial charge in [-0.15, -0.1) is 11.3 Å². The van der Waals surface area contributed by atoms with Crippen molar-refractivity contribution >= 4 is 78.2 Å². The molecular weight excluding hydrogens is 912 g/mol. The summed E-state index contributed by atoms with van der Waals surface area (Å²) in [5.74, 6) is 0. The largest absolute Gasteiger partial charge is 0.355 e. The van der Waals surface area contributed by atoms with Gasteiger partial charge in [-0.3, -0.25) is 0 Å². The number of nitrogens with one attached hydrogen (secondary N) is 1. The summed E-state index contributed by atoms with van der Waals surface area (Å²) < 4.78 is 2.68. The zero-order valence-electron chi connectivity index (χ0n) is 47.5. The Balaban J connectivity index is 1.20. The Hall–Kier alpha value is -5.58. The van der Waals surface area contributed by atoms with Crippen molar-refractivity contribution in [2.75, 3.05) is 10.2 Å². The lowest BCUT2D eigenvalue weighted by molar-refractivity contribution is 0.332. The van der Waals surface area contributed by atoms with E-state index in [2.05, 4.69) is 231 Å². The summed E-state index contributed by atoms with van der Waals surface area (Å²) in [6.07, 6.45) is 7.04. The minimum Gasteiger partial charge on any atom is -0.355 e. The highest BCUT2D eigenvalue weighted by atomic mass is 32.1. The Morgan fingerprint density at radius 2 is 1.00 bits per heavy atom. The van der Waals surface area contributed by atoms with E-state index in [1.54, 1.807) is 0 Å². The van der Waals surface area contributed by atoms with Crippen LogP contribution in [0.2, 0.25) is 0 Å². The Labute approximate surface area is 448 Å². The van der Waals surface area contributed by atoms with Gasteiger partial charge in [-0.2, -0.15) is 0 Å². The molecule has 0 atom stereocenters. The van der Waals surface area contributed by atoms with Crippen LogP contribution >= 0.6 is 11.3 Å². The minimum atomic E-state index is 0.00771. The molecule has 1 aromatic heterocycles. The van der Waals surface area contributed by atoms with Gasteiger partial charge in [0.25, 0.3) is 0 Å². The summed E-state index contributed by atoms with van der Waals surface area (Å²) in [6.45, 7) is 38.8. The molecule has 1 aliphatic heterocycles. The van der Waals surface area contributed by atoms with Gasteiger partial charge < -0.3 is 10.2 Å². The third-order valence-electron chi connectivity index (χ3n) is 19.3. The second-order valence-corrected chi connectivity index (χ2v) is 28.6. The van der Waals surface area contributed by atoms with Crippen molar-refractivity contribution in [3.05, 3.63) is 159 Å². The van der Waals surface area contributed by atoms with Crippen LogP contribution in [0.1, 0.15) is 177 Å². The third kappa shape index (κ3) is 7.68. The topological polar surface area (TPSA) is 15.3 Å². The number of aryl methyl sites for hydroxylation is 4. The molecule has 0 fully saturated rings. The summed E-state index contributed by atoms with van der Waals surface area (Å²) in [5, 5.41) is 6.90. The van der Waals surface area contributed by atoms with E-state index in [0.717, 1.165) is 18.5 Å². The molecule has 2 heterocycles. The fraction of sp³-hybridized carbons (Fsp3) is 0.400. The van der Waals surface area contributed by atoms with Crippen molar-refractivity contribution < 1.29 is 0 Å². The first-order chi connectivity index (χ1) is 34.7. The highest BCUT2D eigenvalue weighted by molar-refractivity contribution is 7.27. The average Bonchev–Trinajstić information content (AvgIpc) is 3.72. The van der Waals surface area contributed by atoms with Crippen molar-refractivity contribution in [1.29, 1.82) is 0 Å². The Kier molecular flexibility index (Phi) is 11.0. The number of hydrogen-bond donors (Lipinski definition) is 1. The maximum absolute atomic E-state index is 4.24. The number of nitrogens with zero attached hydrogens (tertiary/aromatic N) is 1. The third-order valence-corrected chi connectivity index (χ3v) is 20.5. The van der Waals surface area contributed by atoms with Crippen LogP contribution in [0.4, 0.5) is 28.4 Å². The van der Waals surface area contributed by atoms with Crippen LogP contribution < -0.4 is 21.1 Å². The van der Waals surface area contributed by atoms with Gasteiger partial charge in [0.05, 0.1) is 0 Å². The van der Waals surface area contributed by atoms with Crippen LogP contribution in [0.15, 0.2) is 103 Å². The first-order valence-corrected chi connectivity index (χ1v) is 28.7. The number of rotatable bonds is 5. The lowest BCUT2D eigenvalue weighted by atomic mass is 9.57. The van der Waals surface area contributed by atoms with E-state index in [9.17, 15) is 0 Å². The molecule has 377 valence electrons. The number of hydrogen-bond acceptors (Lipinski definition) is 3. The van der Waals surface area contributed by atoms with Gasteiger partial charge in [0.1, 0.15) is 0 Å². The molecule has 3 aliphatic carbocycles. The number of benzene rings is 7. The fourth-order valence-corrected chi connectivity index (χ4v) is 15.6. The number of anilines is 5. The van der Waals surface area contributed by atoms with Crippen molar-refractivity contribution in [3.63, 3.8) is 0 Å². The van der Waals surface area contributed by atoms with Gasteiger partial charge in [0, 0.05) is 48.8 Å². The molecule has 2 nitrogen and oxygen atoms in total. The molecule has 0 saturated heterocycles. The quantitative estimate of drug-likeness (QED) is 0.173. The Morgan fingerprint density at radius 3 is 1.64 bits per heavy atom. The van der Waals surface area contributed by atoms with Gasteiger partial charge >= 0.3 is 0 Å². The van der Waals surface area contributed by atoms with Crippen molar-refractivity contribution in [2.45, 2.75) is 182 Å². The molecule has 8 aromatic rings. The van der Waals surface area contributed by atoms with Gasteiger partial charge in [-0.1, -0.05) is 137 Å². The molecule has 0 amide bonds. The van der Waals surface area contributed by atoms with E-state index in [-0.39, 0.29) is 32.5 Å². The number of fused-ring (bicyclic) bond motifs is 9. The van der Waals surface area contributed by atoms with Crippen molar-refractivity contribution in [2.24, 2.45) is 0 Å². The molecule has 7 aromatic carbocycles. The van der Waals surface area contributed by atoms with Crippen LogP contribution in [0.5, 0.6) is 0 Å². The molecule has 0 unspecified atom stereocenters. The predicted molar refractivity (Wildman–Crippen MR) is 324 cm³/mol. The van der Waals surface area contributed by atoms with E-state index in [1.165, 1.54) is 157 Å². The van der Waals surface area contributed by atoms with Gasteiger partial charge in [-0.25, -0.2) is 0 Å². The van der Waals surface area contributed by atoms with E-state index < -0.39 is 0 Å². The average molecular weight is 990 g/mol. The zero-order valence-corrected chi connectivity index (χ0v) is 48.3. The van der Waals surface area contributed by atoms with Crippen LogP contribution in [0.3, 0.4) is 0 Å². The van der Waals surface area contributed by atoms with Gasteiger partial charge in [0.2, 0.25) is 0 Å². The normalized spacial score (nSPS) is 19.2. The molecule has 1 N–H and O–H groups in total. The van der Waals surface area contributed by atoms with Crippen LogP contribution in [-0.4, -0.2) is 7.28 Å². The van der Waals surface area contributed by atoms with Crippen LogP contribution in [0, 0.1) is 27.7 Å². The molecular formula is C70H78BN2S. The van der Waals surface area contributed by atoms with Crippen LogP contribution in [0.25, 0.3) is 42.4 Å². The summed E-state index contributed by atoms with van der Waals surface area (Å²) in [4.78, 5) is 2.69. The van der Waals surface area contributed by atoms with E-state index in [4.69, 9.17) is 0 Å². The van der Waals surface area contributed by atoms with Gasteiger partial charge in [-0.05, 0) is 236 Å². The Morgan fingerprint density at radius 1 is 0.446 bits per heavy atom. The SMILES string of the molecule is Cc1cc(C)c(-c2cc(-c3cc4c(cc3Nc3ccc5c(c3)C(C)(C)CCC5(C)C)C(C)(C)CCC4(C)C)c3c(c2)N(c2cc4c(cc2C)C(C)(C)CCC4(C)C)c2ccc4c(sc5ccccc54)c2[B]3)c(C)c1. The van der Waals surface area contributed by atoms with Gasteiger partial charge in [0.15, 0.2) is 7.28 Å². The van der Waals surface area contributed by atoms with Crippen molar-refractivity contribution in [1.82, 2.24) is 0 Å². The highest BCUT2D eigenvalue weighted by Crippen LogP contribution is 2.54. The first kappa shape index (κ1) is 49.3. The van der Waals surface area contributed by atoms with Crippen LogP contribution in [-0.2, 0) is 32.5 Å². The smallest absolute Gasteiger partial charge is 0.199 e. The minimum absolute atomic E-state index is 0.00771. The molecule has 1 radical (unpaired) electrons. The zero-order chi connectivity index (χ0) is 52.4. The van der Waals surface area contributed by atoms with E-state index >= 15 is 0 Å². The first-order valence-electron chi connectivity index (χ1n) is 27.9. The summed E-state index contributed by atoms with van der Waals surface area (Å²) >= 11 is 1.95. The predicted octanol–water partition coefficient (Wildman–Crippen LogP) is 18.9. The maximum atomic E-state index is 4.24. The lowest BCUT2D eigenvalue weighted by Gasteiger charge is -2.44. The van der Waals surface area contributed by atoms with E-state index in [1.807, 2.05) is 11.3 Å². The second kappa shape index (κ2) is 16.5. The highest BCUT2D eigenvalue weighted by Gasteiger charge is 2.42. The molecule has 4 aliphatic rings. The standard InChI is InChI=1S/C70H78BN2S/c1-40-31-42(3)61(43(4)32-40)44-34-49(48-37-53-54(69(13,14)29-28-68(53,11)12)38-56(48)72-45-21-23-50-52(36-45)67(9,10)26-25-65(50,5)6)62-59(35-44)73(58-39-55-51(33-41(58)2)66(7,8)27-30-70(55,15)16)57-24-22-47-46-19-17-18-20-60(46)74-64(47)63(57)71-62/h17-24,31-39,72H,25-30H2,1-16H3. The van der Waals surface area contributed by atoms with Crippen molar-refractivity contribution in [3.8, 4) is 22.3 Å². The fourth-order valence-electron chi connectivity index (χ4n) is 14.4. The lowest BCUT2D eigenvalue weighted by Crippen LogP contribution is -2.42. The Bertz CT molecular complexity index is 3660. The monoisotopic (exact) mass is 990 g/mol. The molecule has 0 bridgehead atoms. The molecule has 0 saturated carbocycles. The maximum Gasteiger partial charge on any atom is 0.199 e. The molecule has 12 rings (SSSR count). The molecule has 0 spiro atoms. The second-order valence-electron chi connectivity index (χ2n) is 27.5. The molecule has 74 heavy (non-hydrogen) atoms. The number of thiophene rings is 1. The summed E-state index contributed by atoms with van der Waals surface area (Å²) in [7, 11) is 2.59.